The minimum Gasteiger partial charge on any atom is -0.326 e. The minimum atomic E-state index is 0.453. The molecule has 2 N–H and O–H groups in total. The molecule has 1 aromatic heterocycles. The molecule has 2 aromatic rings. The van der Waals surface area contributed by atoms with Crippen molar-refractivity contribution in [2.75, 3.05) is 0 Å². The van der Waals surface area contributed by atoms with Gasteiger partial charge in [-0.25, -0.2) is 4.68 Å². The van der Waals surface area contributed by atoms with E-state index in [0.717, 1.165) is 22.6 Å². The number of nitrogens with zero attached hydrogens (tertiary/aromatic N) is 2. The second-order valence-electron chi connectivity index (χ2n) is 3.79. The summed E-state index contributed by atoms with van der Waals surface area (Å²) in [5.74, 6) is 0. The van der Waals surface area contributed by atoms with E-state index in [-0.39, 0.29) is 0 Å². The summed E-state index contributed by atoms with van der Waals surface area (Å²) in [4.78, 5) is 0. The van der Waals surface area contributed by atoms with Gasteiger partial charge >= 0.3 is 0 Å². The highest BCUT2D eigenvalue weighted by Gasteiger charge is 2.11. The number of para-hydroxylation sites is 1. The van der Waals surface area contributed by atoms with Gasteiger partial charge in [-0.05, 0) is 31.5 Å². The van der Waals surface area contributed by atoms with Crippen molar-refractivity contribution in [3.05, 3.63) is 46.2 Å². The summed E-state index contributed by atoms with van der Waals surface area (Å²) in [5.41, 5.74) is 9.63. The summed E-state index contributed by atoms with van der Waals surface area (Å²) in [6.07, 6.45) is 0. The van der Waals surface area contributed by atoms with Crippen LogP contribution in [0, 0.1) is 13.8 Å². The number of aryl methyl sites for hydroxylation is 2. The number of aromatic nitrogens is 2. The summed E-state index contributed by atoms with van der Waals surface area (Å²) < 4.78 is 1.85. The summed E-state index contributed by atoms with van der Waals surface area (Å²) >= 11 is 6.21. The first-order valence-corrected chi connectivity index (χ1v) is 5.52. The Balaban J connectivity index is 2.67. The van der Waals surface area contributed by atoms with E-state index >= 15 is 0 Å². The Morgan fingerprint density at radius 1 is 1.38 bits per heavy atom. The van der Waals surface area contributed by atoms with Gasteiger partial charge in [0.05, 0.1) is 16.4 Å². The maximum atomic E-state index is 6.21. The molecule has 0 atom stereocenters. The first-order chi connectivity index (χ1) is 7.63. The summed E-state index contributed by atoms with van der Waals surface area (Å²) in [6.45, 7) is 4.42. The number of nitrogens with two attached hydrogens (primary N) is 1. The Bertz CT molecular complexity index is 517. The van der Waals surface area contributed by atoms with E-state index in [1.807, 2.05) is 42.8 Å². The molecule has 0 aliphatic rings. The maximum absolute atomic E-state index is 6.21. The monoisotopic (exact) mass is 235 g/mol. The molecule has 0 bridgehead atoms. The Labute approximate surface area is 99.8 Å². The molecule has 0 saturated heterocycles. The molecule has 1 heterocycles. The molecule has 0 saturated carbocycles. The number of rotatable bonds is 2. The Morgan fingerprint density at radius 3 is 2.69 bits per heavy atom. The van der Waals surface area contributed by atoms with E-state index < -0.39 is 0 Å². The molecule has 0 aliphatic carbocycles. The zero-order valence-corrected chi connectivity index (χ0v) is 10.1. The van der Waals surface area contributed by atoms with Crippen LogP contribution in [0.25, 0.3) is 5.69 Å². The van der Waals surface area contributed by atoms with E-state index in [1.165, 1.54) is 0 Å². The lowest BCUT2D eigenvalue weighted by Crippen LogP contribution is -2.07. The van der Waals surface area contributed by atoms with E-state index in [1.54, 1.807) is 0 Å². The average molecular weight is 236 g/mol. The number of benzene rings is 1. The predicted octanol–water partition coefficient (Wildman–Crippen LogP) is 2.60. The van der Waals surface area contributed by atoms with Crippen LogP contribution in [-0.2, 0) is 6.54 Å². The quantitative estimate of drug-likeness (QED) is 0.870. The van der Waals surface area contributed by atoms with Gasteiger partial charge in [0.2, 0.25) is 0 Å². The molecule has 2 rings (SSSR count). The van der Waals surface area contributed by atoms with Gasteiger partial charge in [-0.3, -0.25) is 0 Å². The maximum Gasteiger partial charge on any atom is 0.0879 e. The molecule has 0 amide bonds. The van der Waals surface area contributed by atoms with Crippen LogP contribution in [-0.4, -0.2) is 9.78 Å². The van der Waals surface area contributed by atoms with Gasteiger partial charge in [-0.15, -0.1) is 0 Å². The Morgan fingerprint density at radius 2 is 2.12 bits per heavy atom. The Kier molecular flexibility index (Phi) is 2.99. The highest BCUT2D eigenvalue weighted by Crippen LogP contribution is 2.25. The number of hydrogen-bond acceptors (Lipinski definition) is 2. The summed E-state index contributed by atoms with van der Waals surface area (Å²) in [5, 5.41) is 5.10. The second-order valence-corrected chi connectivity index (χ2v) is 4.20. The van der Waals surface area contributed by atoms with Crippen LogP contribution in [0.15, 0.2) is 24.3 Å². The van der Waals surface area contributed by atoms with E-state index in [2.05, 4.69) is 5.10 Å². The van der Waals surface area contributed by atoms with Crippen LogP contribution in [0.5, 0.6) is 0 Å². The third-order valence-electron chi connectivity index (χ3n) is 2.51. The Hall–Kier alpha value is -1.32. The van der Waals surface area contributed by atoms with Crippen molar-refractivity contribution in [3.63, 3.8) is 0 Å². The molecule has 0 radical (unpaired) electrons. The smallest absolute Gasteiger partial charge is 0.0879 e. The molecule has 0 spiro atoms. The van der Waals surface area contributed by atoms with Gasteiger partial charge in [0, 0.05) is 12.2 Å². The van der Waals surface area contributed by atoms with E-state index in [9.17, 15) is 0 Å². The molecular weight excluding hydrogens is 222 g/mol. The normalized spacial score (nSPS) is 10.8. The van der Waals surface area contributed by atoms with Crippen molar-refractivity contribution in [3.8, 4) is 5.69 Å². The van der Waals surface area contributed by atoms with E-state index in [4.69, 9.17) is 17.3 Å². The lowest BCUT2D eigenvalue weighted by Gasteiger charge is -2.11. The average Bonchev–Trinajstić information content (AvgIpc) is 2.57. The SMILES string of the molecule is Cc1cc(C)n(-c2c(Cl)cccc2CN)n1. The first kappa shape index (κ1) is 11.2. The third-order valence-corrected chi connectivity index (χ3v) is 2.82. The molecule has 0 unspecified atom stereocenters. The summed E-state index contributed by atoms with van der Waals surface area (Å²) in [7, 11) is 0. The van der Waals surface area contributed by atoms with Crippen molar-refractivity contribution in [1.82, 2.24) is 9.78 Å². The third kappa shape index (κ3) is 1.84. The van der Waals surface area contributed by atoms with Gasteiger partial charge in [0.1, 0.15) is 0 Å². The minimum absolute atomic E-state index is 0.453. The highest BCUT2D eigenvalue weighted by atomic mass is 35.5. The first-order valence-electron chi connectivity index (χ1n) is 5.14. The highest BCUT2D eigenvalue weighted by molar-refractivity contribution is 6.32. The lowest BCUT2D eigenvalue weighted by atomic mass is 10.2. The molecule has 0 fully saturated rings. The van der Waals surface area contributed by atoms with Crippen molar-refractivity contribution in [1.29, 1.82) is 0 Å². The predicted molar refractivity (Wildman–Crippen MR) is 65.9 cm³/mol. The topological polar surface area (TPSA) is 43.8 Å². The fourth-order valence-corrected chi connectivity index (χ4v) is 2.09. The lowest BCUT2D eigenvalue weighted by molar-refractivity contribution is 0.818. The molecular formula is C12H14ClN3. The molecule has 0 aliphatic heterocycles. The van der Waals surface area contributed by atoms with Crippen LogP contribution in [0.2, 0.25) is 5.02 Å². The standard InChI is InChI=1S/C12H14ClN3/c1-8-6-9(2)16(15-8)12-10(7-14)4-3-5-11(12)13/h3-6H,7,14H2,1-2H3. The number of halogens is 1. The fourth-order valence-electron chi connectivity index (χ4n) is 1.82. The van der Waals surface area contributed by atoms with Gasteiger partial charge in [0.25, 0.3) is 0 Å². The molecule has 1 aromatic carbocycles. The van der Waals surface area contributed by atoms with Crippen LogP contribution >= 0.6 is 11.6 Å². The summed E-state index contributed by atoms with van der Waals surface area (Å²) in [6, 6.07) is 7.74. The van der Waals surface area contributed by atoms with Crippen molar-refractivity contribution < 1.29 is 0 Å². The van der Waals surface area contributed by atoms with Crippen LogP contribution < -0.4 is 5.73 Å². The van der Waals surface area contributed by atoms with Gasteiger partial charge < -0.3 is 5.73 Å². The van der Waals surface area contributed by atoms with Gasteiger partial charge in [-0.2, -0.15) is 5.10 Å². The van der Waals surface area contributed by atoms with Crippen molar-refractivity contribution in [2.45, 2.75) is 20.4 Å². The molecule has 16 heavy (non-hydrogen) atoms. The van der Waals surface area contributed by atoms with E-state index in [0.29, 0.717) is 11.6 Å². The van der Waals surface area contributed by atoms with Crippen LogP contribution in [0.4, 0.5) is 0 Å². The zero-order valence-electron chi connectivity index (χ0n) is 9.37. The molecule has 3 nitrogen and oxygen atoms in total. The fraction of sp³-hybridized carbons (Fsp3) is 0.250. The molecule has 84 valence electrons. The number of hydrogen-bond donors (Lipinski definition) is 1. The second kappa shape index (κ2) is 4.28. The van der Waals surface area contributed by atoms with Gasteiger partial charge in [-0.1, -0.05) is 23.7 Å². The van der Waals surface area contributed by atoms with Crippen LogP contribution in [0.1, 0.15) is 17.0 Å². The van der Waals surface area contributed by atoms with Crippen molar-refractivity contribution >= 4 is 11.6 Å². The van der Waals surface area contributed by atoms with Crippen molar-refractivity contribution in [2.24, 2.45) is 5.73 Å². The molecule has 4 heteroatoms. The largest absolute Gasteiger partial charge is 0.326 e. The zero-order chi connectivity index (χ0) is 11.7. The van der Waals surface area contributed by atoms with Gasteiger partial charge in [0.15, 0.2) is 0 Å². The van der Waals surface area contributed by atoms with Crippen LogP contribution in [0.3, 0.4) is 0 Å².